The van der Waals surface area contributed by atoms with Gasteiger partial charge in [0.2, 0.25) is 0 Å². The Balaban J connectivity index is 2.52. The number of aliphatic hydroxyl groups excluding tert-OH is 1. The van der Waals surface area contributed by atoms with Crippen LogP contribution in [0.3, 0.4) is 0 Å². The third-order valence-electron chi connectivity index (χ3n) is 2.79. The highest BCUT2D eigenvalue weighted by Gasteiger charge is 2.55. The Morgan fingerprint density at radius 2 is 1.93 bits per heavy atom. The van der Waals surface area contributed by atoms with Crippen LogP contribution in [0.15, 0.2) is 29.2 Å². The van der Waals surface area contributed by atoms with Crippen LogP contribution in [-0.2, 0) is 9.84 Å². The Morgan fingerprint density at radius 1 is 1.33 bits per heavy atom. The van der Waals surface area contributed by atoms with Gasteiger partial charge in [0, 0.05) is 0 Å². The first-order chi connectivity index (χ1) is 7.03. The van der Waals surface area contributed by atoms with Crippen molar-refractivity contribution in [3.05, 3.63) is 30.1 Å². The summed E-state index contributed by atoms with van der Waals surface area (Å²) in [5.74, 6) is -0.753. The van der Waals surface area contributed by atoms with E-state index in [4.69, 9.17) is 5.11 Å². The summed E-state index contributed by atoms with van der Waals surface area (Å²) < 4.78 is 36.1. The molecule has 0 saturated heterocycles. The van der Waals surface area contributed by atoms with Gasteiger partial charge in [-0.1, -0.05) is 12.1 Å². The fraction of sp³-hybridized carbons (Fsp3) is 0.400. The molecule has 0 bridgehead atoms. The number of benzene rings is 1. The van der Waals surface area contributed by atoms with E-state index in [9.17, 15) is 12.8 Å². The lowest BCUT2D eigenvalue weighted by atomic mass is 10.3. The highest BCUT2D eigenvalue weighted by atomic mass is 32.2. The minimum Gasteiger partial charge on any atom is -0.395 e. The molecule has 0 amide bonds. The number of hydrogen-bond acceptors (Lipinski definition) is 3. The minimum atomic E-state index is -3.73. The van der Waals surface area contributed by atoms with E-state index >= 15 is 0 Å². The van der Waals surface area contributed by atoms with Gasteiger partial charge in [-0.05, 0) is 25.0 Å². The topological polar surface area (TPSA) is 54.4 Å². The maximum Gasteiger partial charge on any atom is 0.189 e. The van der Waals surface area contributed by atoms with E-state index in [1.165, 1.54) is 18.2 Å². The van der Waals surface area contributed by atoms with Crippen LogP contribution in [0.5, 0.6) is 0 Å². The molecule has 1 aliphatic rings. The van der Waals surface area contributed by atoms with Crippen LogP contribution in [0.25, 0.3) is 0 Å². The van der Waals surface area contributed by atoms with Gasteiger partial charge in [-0.15, -0.1) is 0 Å². The number of aliphatic hydroxyl groups is 1. The standard InChI is InChI=1S/C10H11FO3S/c11-8-3-1-2-4-9(8)15(13,14)10(7-12)5-6-10/h1-4,12H,5-7H2. The van der Waals surface area contributed by atoms with E-state index in [0.29, 0.717) is 12.8 Å². The summed E-state index contributed by atoms with van der Waals surface area (Å²) in [7, 11) is -3.73. The van der Waals surface area contributed by atoms with Gasteiger partial charge < -0.3 is 5.11 Å². The molecule has 0 heterocycles. The van der Waals surface area contributed by atoms with Crippen molar-refractivity contribution in [1.82, 2.24) is 0 Å². The van der Waals surface area contributed by atoms with Crippen LogP contribution in [0.4, 0.5) is 4.39 Å². The first-order valence-electron chi connectivity index (χ1n) is 4.63. The fourth-order valence-electron chi connectivity index (χ4n) is 1.55. The highest BCUT2D eigenvalue weighted by molar-refractivity contribution is 7.93. The second-order valence-electron chi connectivity index (χ2n) is 3.77. The summed E-state index contributed by atoms with van der Waals surface area (Å²) in [6, 6.07) is 5.26. The van der Waals surface area contributed by atoms with Crippen LogP contribution in [0.1, 0.15) is 12.8 Å². The van der Waals surface area contributed by atoms with Crippen molar-refractivity contribution in [2.45, 2.75) is 22.5 Å². The Bertz CT molecular complexity index is 477. The van der Waals surface area contributed by atoms with Crippen molar-refractivity contribution in [3.8, 4) is 0 Å². The second kappa shape index (κ2) is 3.28. The van der Waals surface area contributed by atoms with Gasteiger partial charge in [0.05, 0.1) is 6.61 Å². The molecule has 0 aromatic heterocycles. The second-order valence-corrected chi connectivity index (χ2v) is 6.09. The number of halogens is 1. The summed E-state index contributed by atoms with van der Waals surface area (Å²) in [4.78, 5) is -0.309. The lowest BCUT2D eigenvalue weighted by molar-refractivity contribution is 0.283. The molecule has 1 saturated carbocycles. The maximum absolute atomic E-state index is 13.3. The van der Waals surface area contributed by atoms with Gasteiger partial charge in [0.25, 0.3) is 0 Å². The molecule has 0 aliphatic heterocycles. The number of rotatable bonds is 3. The Morgan fingerprint density at radius 3 is 2.40 bits per heavy atom. The summed E-state index contributed by atoms with van der Waals surface area (Å²) >= 11 is 0. The molecule has 1 fully saturated rings. The third kappa shape index (κ3) is 1.46. The van der Waals surface area contributed by atoms with Crippen LogP contribution < -0.4 is 0 Å². The molecule has 1 aromatic rings. The van der Waals surface area contributed by atoms with Gasteiger partial charge in [0.15, 0.2) is 9.84 Å². The zero-order valence-corrected chi connectivity index (χ0v) is 8.80. The van der Waals surface area contributed by atoms with Crippen molar-refractivity contribution in [2.75, 3.05) is 6.61 Å². The zero-order valence-electron chi connectivity index (χ0n) is 7.98. The Hall–Kier alpha value is -0.940. The molecule has 2 rings (SSSR count). The van der Waals surface area contributed by atoms with Crippen molar-refractivity contribution < 1.29 is 17.9 Å². The smallest absolute Gasteiger partial charge is 0.189 e. The van der Waals surface area contributed by atoms with E-state index in [2.05, 4.69) is 0 Å². The predicted molar refractivity (Wildman–Crippen MR) is 52.6 cm³/mol. The van der Waals surface area contributed by atoms with Gasteiger partial charge in [-0.3, -0.25) is 0 Å². The Labute approximate surface area is 87.5 Å². The van der Waals surface area contributed by atoms with E-state index < -0.39 is 27.0 Å². The lowest BCUT2D eigenvalue weighted by Crippen LogP contribution is -2.28. The van der Waals surface area contributed by atoms with Crippen molar-refractivity contribution in [2.24, 2.45) is 0 Å². The van der Waals surface area contributed by atoms with E-state index in [0.717, 1.165) is 6.07 Å². The molecule has 0 radical (unpaired) electrons. The molecule has 15 heavy (non-hydrogen) atoms. The largest absolute Gasteiger partial charge is 0.395 e. The van der Waals surface area contributed by atoms with E-state index in [-0.39, 0.29) is 4.90 Å². The van der Waals surface area contributed by atoms with Crippen LogP contribution in [-0.4, -0.2) is 24.9 Å². The quantitative estimate of drug-likeness (QED) is 0.846. The van der Waals surface area contributed by atoms with Crippen molar-refractivity contribution >= 4 is 9.84 Å². The highest BCUT2D eigenvalue weighted by Crippen LogP contribution is 2.46. The molecule has 5 heteroatoms. The van der Waals surface area contributed by atoms with Gasteiger partial charge in [0.1, 0.15) is 15.5 Å². The summed E-state index contributed by atoms with van der Waals surface area (Å²) in [5, 5.41) is 9.04. The molecule has 0 atom stereocenters. The maximum atomic E-state index is 13.3. The summed E-state index contributed by atoms with van der Waals surface area (Å²) in [6.07, 6.45) is 0.806. The van der Waals surface area contributed by atoms with E-state index in [1.54, 1.807) is 0 Å². The molecule has 3 nitrogen and oxygen atoms in total. The molecule has 1 aromatic carbocycles. The SMILES string of the molecule is O=S(=O)(c1ccccc1F)C1(CO)CC1. The molecule has 0 spiro atoms. The van der Waals surface area contributed by atoms with Gasteiger partial charge in [-0.25, -0.2) is 12.8 Å². The summed E-state index contributed by atoms with van der Waals surface area (Å²) in [6.45, 7) is -0.441. The normalized spacial score (nSPS) is 18.8. The van der Waals surface area contributed by atoms with Crippen LogP contribution >= 0.6 is 0 Å². The molecule has 0 unspecified atom stereocenters. The summed E-state index contributed by atoms with van der Waals surface area (Å²) in [5.41, 5.74) is 0. The van der Waals surface area contributed by atoms with Gasteiger partial charge >= 0.3 is 0 Å². The monoisotopic (exact) mass is 230 g/mol. The number of hydrogen-bond donors (Lipinski definition) is 1. The first kappa shape index (κ1) is 10.6. The van der Waals surface area contributed by atoms with E-state index in [1.807, 2.05) is 0 Å². The van der Waals surface area contributed by atoms with Crippen molar-refractivity contribution in [1.29, 1.82) is 0 Å². The molecular formula is C10H11FO3S. The Kier molecular flexibility index (Phi) is 2.31. The third-order valence-corrected chi connectivity index (χ3v) is 5.38. The molecule has 82 valence electrons. The molecule has 1 N–H and O–H groups in total. The molecule has 1 aliphatic carbocycles. The average molecular weight is 230 g/mol. The molecular weight excluding hydrogens is 219 g/mol. The number of sulfone groups is 1. The average Bonchev–Trinajstić information content (AvgIpc) is 2.98. The fourth-order valence-corrected chi connectivity index (χ4v) is 3.41. The lowest BCUT2D eigenvalue weighted by Gasteiger charge is -2.13. The van der Waals surface area contributed by atoms with Crippen molar-refractivity contribution in [3.63, 3.8) is 0 Å². The predicted octanol–water partition coefficient (Wildman–Crippen LogP) is 1.12. The van der Waals surface area contributed by atoms with Crippen LogP contribution in [0.2, 0.25) is 0 Å². The first-order valence-corrected chi connectivity index (χ1v) is 6.12. The minimum absolute atomic E-state index is 0.309. The zero-order chi connectivity index (χ0) is 11.1. The van der Waals surface area contributed by atoms with Crippen LogP contribution in [0, 0.1) is 5.82 Å². The van der Waals surface area contributed by atoms with Gasteiger partial charge in [-0.2, -0.15) is 0 Å².